The van der Waals surface area contributed by atoms with Gasteiger partial charge in [0.15, 0.2) is 0 Å². The Morgan fingerprint density at radius 3 is 2.37 bits per heavy atom. The summed E-state index contributed by atoms with van der Waals surface area (Å²) in [5.74, 6) is -2.28. The maximum atomic E-state index is 13.3. The number of halogens is 2. The lowest BCUT2D eigenvalue weighted by Crippen LogP contribution is -2.34. The third-order valence-corrected chi connectivity index (χ3v) is 3.83. The second kappa shape index (κ2) is 5.15. The van der Waals surface area contributed by atoms with Gasteiger partial charge >= 0.3 is 0 Å². The molecule has 3 N–H and O–H groups in total. The van der Waals surface area contributed by atoms with E-state index in [0.29, 0.717) is 6.54 Å². The zero-order valence-electron chi connectivity index (χ0n) is 10.9. The van der Waals surface area contributed by atoms with E-state index in [0.717, 1.165) is 37.8 Å². The molecule has 0 radical (unpaired) electrons. The van der Waals surface area contributed by atoms with Crippen molar-refractivity contribution in [2.45, 2.75) is 32.6 Å². The fourth-order valence-corrected chi connectivity index (χ4v) is 2.52. The molecular weight excluding hydrogens is 250 g/mol. The first-order chi connectivity index (χ1) is 8.91. The second-order valence-electron chi connectivity index (χ2n) is 5.55. The van der Waals surface area contributed by atoms with E-state index in [9.17, 15) is 13.6 Å². The zero-order chi connectivity index (χ0) is 14.0. The lowest BCUT2D eigenvalue weighted by molar-refractivity contribution is 0.0933. The van der Waals surface area contributed by atoms with Gasteiger partial charge in [-0.05, 0) is 30.4 Å². The number of hydrogen-bond acceptors (Lipinski definition) is 2. The van der Waals surface area contributed by atoms with E-state index in [1.807, 2.05) is 0 Å². The van der Waals surface area contributed by atoms with Gasteiger partial charge < -0.3 is 11.1 Å². The average Bonchev–Trinajstić information content (AvgIpc) is 2.80. The van der Waals surface area contributed by atoms with Gasteiger partial charge in [-0.3, -0.25) is 4.79 Å². The summed E-state index contributed by atoms with van der Waals surface area (Å²) in [7, 11) is 0. The van der Waals surface area contributed by atoms with E-state index >= 15 is 0 Å². The van der Waals surface area contributed by atoms with Crippen molar-refractivity contribution in [3.63, 3.8) is 0 Å². The molecule has 0 bridgehead atoms. The minimum absolute atomic E-state index is 0.0363. The molecule has 0 saturated heterocycles. The highest BCUT2D eigenvalue weighted by Crippen LogP contribution is 2.36. The molecule has 0 aromatic heterocycles. The van der Waals surface area contributed by atoms with E-state index in [1.54, 1.807) is 0 Å². The van der Waals surface area contributed by atoms with Crippen molar-refractivity contribution in [2.24, 2.45) is 5.41 Å². The van der Waals surface area contributed by atoms with Crippen LogP contribution >= 0.6 is 0 Å². The molecule has 19 heavy (non-hydrogen) atoms. The van der Waals surface area contributed by atoms with Gasteiger partial charge in [0.25, 0.3) is 5.91 Å². The van der Waals surface area contributed by atoms with Crippen LogP contribution in [-0.4, -0.2) is 12.5 Å². The molecule has 3 nitrogen and oxygen atoms in total. The monoisotopic (exact) mass is 268 g/mol. The molecule has 104 valence electrons. The molecule has 1 aromatic carbocycles. The van der Waals surface area contributed by atoms with Crippen LogP contribution in [0.25, 0.3) is 0 Å². The largest absolute Gasteiger partial charge is 0.394 e. The van der Waals surface area contributed by atoms with E-state index in [2.05, 4.69) is 12.2 Å². The lowest BCUT2D eigenvalue weighted by Gasteiger charge is -2.23. The van der Waals surface area contributed by atoms with Crippen molar-refractivity contribution < 1.29 is 13.6 Å². The number of nitrogens with two attached hydrogens (primary N) is 1. The highest BCUT2D eigenvalue weighted by Gasteiger charge is 2.29. The summed E-state index contributed by atoms with van der Waals surface area (Å²) < 4.78 is 26.5. The third-order valence-electron chi connectivity index (χ3n) is 3.83. The van der Waals surface area contributed by atoms with Crippen LogP contribution in [0.1, 0.15) is 43.0 Å². The molecule has 0 atom stereocenters. The number of anilines is 1. The van der Waals surface area contributed by atoms with Crippen LogP contribution in [0, 0.1) is 17.0 Å². The molecule has 0 unspecified atom stereocenters. The second-order valence-corrected chi connectivity index (χ2v) is 5.55. The van der Waals surface area contributed by atoms with Gasteiger partial charge in [-0.25, -0.2) is 8.78 Å². The Hall–Kier alpha value is -1.65. The average molecular weight is 268 g/mol. The van der Waals surface area contributed by atoms with Gasteiger partial charge in [0.05, 0.1) is 0 Å². The predicted octanol–water partition coefficient (Wildman–Crippen LogP) is 2.86. The summed E-state index contributed by atoms with van der Waals surface area (Å²) in [6, 6.07) is 1.93. The summed E-state index contributed by atoms with van der Waals surface area (Å²) >= 11 is 0. The molecule has 1 saturated carbocycles. The van der Waals surface area contributed by atoms with Gasteiger partial charge in [0.1, 0.15) is 17.3 Å². The van der Waals surface area contributed by atoms with Crippen LogP contribution in [0.15, 0.2) is 12.1 Å². The maximum absolute atomic E-state index is 13.3. The quantitative estimate of drug-likeness (QED) is 0.828. The summed E-state index contributed by atoms with van der Waals surface area (Å²) in [4.78, 5) is 11.9. The van der Waals surface area contributed by atoms with Gasteiger partial charge in [-0.2, -0.15) is 0 Å². The lowest BCUT2D eigenvalue weighted by atomic mass is 9.89. The molecule has 1 aliphatic carbocycles. The SMILES string of the molecule is CC1(CNC(=O)c2cc(F)c(N)c(F)c2)CCCC1. The topological polar surface area (TPSA) is 55.1 Å². The standard InChI is InChI=1S/C14H18F2N2O/c1-14(4-2-3-5-14)8-18-13(19)9-6-10(15)12(17)11(16)7-9/h6-7H,2-5,8,17H2,1H3,(H,18,19). The summed E-state index contributed by atoms with van der Waals surface area (Å²) in [6.45, 7) is 2.64. The molecule has 0 spiro atoms. The Morgan fingerprint density at radius 2 is 1.84 bits per heavy atom. The van der Waals surface area contributed by atoms with Crippen LogP contribution in [0.2, 0.25) is 0 Å². The first kappa shape index (κ1) is 13.8. The first-order valence-electron chi connectivity index (χ1n) is 6.44. The van der Waals surface area contributed by atoms with E-state index in [-0.39, 0.29) is 11.0 Å². The zero-order valence-corrected chi connectivity index (χ0v) is 10.9. The van der Waals surface area contributed by atoms with E-state index in [4.69, 9.17) is 5.73 Å². The molecule has 1 aliphatic rings. The van der Waals surface area contributed by atoms with Gasteiger partial charge in [0, 0.05) is 12.1 Å². The van der Waals surface area contributed by atoms with E-state index in [1.165, 1.54) is 0 Å². The number of benzene rings is 1. The van der Waals surface area contributed by atoms with Gasteiger partial charge in [0.2, 0.25) is 0 Å². The third kappa shape index (κ3) is 3.03. The number of nitrogens with one attached hydrogen (secondary N) is 1. The Balaban J connectivity index is 2.04. The normalized spacial score (nSPS) is 17.4. The van der Waals surface area contributed by atoms with E-state index < -0.39 is 23.2 Å². The molecule has 0 aliphatic heterocycles. The minimum Gasteiger partial charge on any atom is -0.394 e. The van der Waals surface area contributed by atoms with Crippen molar-refractivity contribution in [1.82, 2.24) is 5.32 Å². The van der Waals surface area contributed by atoms with Crippen molar-refractivity contribution in [2.75, 3.05) is 12.3 Å². The van der Waals surface area contributed by atoms with Crippen LogP contribution in [0.5, 0.6) is 0 Å². The van der Waals surface area contributed by atoms with Gasteiger partial charge in [-0.15, -0.1) is 0 Å². The molecule has 1 aromatic rings. The fourth-order valence-electron chi connectivity index (χ4n) is 2.52. The van der Waals surface area contributed by atoms with Crippen molar-refractivity contribution in [3.05, 3.63) is 29.3 Å². The Bertz CT molecular complexity index is 473. The first-order valence-corrected chi connectivity index (χ1v) is 6.44. The maximum Gasteiger partial charge on any atom is 0.251 e. The van der Waals surface area contributed by atoms with Crippen molar-refractivity contribution in [1.29, 1.82) is 0 Å². The summed E-state index contributed by atoms with van der Waals surface area (Å²) in [5, 5.41) is 2.74. The number of nitrogen functional groups attached to an aromatic ring is 1. The number of rotatable bonds is 3. The molecule has 2 rings (SSSR count). The minimum atomic E-state index is -0.905. The molecular formula is C14H18F2N2O. The van der Waals surface area contributed by atoms with Crippen LogP contribution in [0.3, 0.4) is 0 Å². The Labute approximate surface area is 111 Å². The van der Waals surface area contributed by atoms with Crippen molar-refractivity contribution in [3.8, 4) is 0 Å². The summed E-state index contributed by atoms with van der Waals surface area (Å²) in [5.41, 5.74) is 4.67. The Morgan fingerprint density at radius 1 is 1.32 bits per heavy atom. The van der Waals surface area contributed by atoms with Gasteiger partial charge in [-0.1, -0.05) is 19.8 Å². The highest BCUT2D eigenvalue weighted by atomic mass is 19.1. The summed E-state index contributed by atoms with van der Waals surface area (Å²) in [6.07, 6.45) is 4.46. The molecule has 1 fully saturated rings. The fraction of sp³-hybridized carbons (Fsp3) is 0.500. The number of carbonyl (C=O) groups excluding carboxylic acids is 1. The van der Waals surface area contributed by atoms with Crippen LogP contribution in [0.4, 0.5) is 14.5 Å². The molecule has 0 heterocycles. The molecule has 5 heteroatoms. The van der Waals surface area contributed by atoms with Crippen molar-refractivity contribution >= 4 is 11.6 Å². The number of amides is 1. The van der Waals surface area contributed by atoms with Crippen LogP contribution in [-0.2, 0) is 0 Å². The predicted molar refractivity (Wildman–Crippen MR) is 69.7 cm³/mol. The number of hydrogen-bond donors (Lipinski definition) is 2. The smallest absolute Gasteiger partial charge is 0.251 e. The molecule has 1 amide bonds. The highest BCUT2D eigenvalue weighted by molar-refractivity contribution is 5.94. The number of carbonyl (C=O) groups is 1. The Kier molecular flexibility index (Phi) is 3.73. The van der Waals surface area contributed by atoms with Crippen LogP contribution < -0.4 is 11.1 Å².